The molecule has 2 rings (SSSR count). The SMILES string of the molecule is CCOC(=O)c1cc2n(c1C)CCCC2. The summed E-state index contributed by atoms with van der Waals surface area (Å²) in [5.74, 6) is -0.183. The van der Waals surface area contributed by atoms with E-state index < -0.39 is 0 Å². The molecule has 0 atom stereocenters. The van der Waals surface area contributed by atoms with Crippen molar-refractivity contribution in [3.8, 4) is 0 Å². The van der Waals surface area contributed by atoms with Crippen LogP contribution in [0.3, 0.4) is 0 Å². The van der Waals surface area contributed by atoms with E-state index in [-0.39, 0.29) is 5.97 Å². The standard InChI is InChI=1S/C12H17NO2/c1-3-15-12(14)11-8-10-6-4-5-7-13(10)9(11)2/h8H,3-7H2,1-2H3. The van der Waals surface area contributed by atoms with E-state index in [2.05, 4.69) is 4.57 Å². The van der Waals surface area contributed by atoms with Crippen molar-refractivity contribution >= 4 is 5.97 Å². The Hall–Kier alpha value is -1.25. The molecular weight excluding hydrogens is 190 g/mol. The van der Waals surface area contributed by atoms with Gasteiger partial charge in [0, 0.05) is 17.9 Å². The zero-order chi connectivity index (χ0) is 10.8. The number of esters is 1. The van der Waals surface area contributed by atoms with E-state index in [1.807, 2.05) is 19.9 Å². The quantitative estimate of drug-likeness (QED) is 0.697. The molecule has 0 fully saturated rings. The summed E-state index contributed by atoms with van der Waals surface area (Å²) in [7, 11) is 0. The lowest BCUT2D eigenvalue weighted by Gasteiger charge is -2.16. The number of fused-ring (bicyclic) bond motifs is 1. The van der Waals surface area contributed by atoms with Gasteiger partial charge in [-0.1, -0.05) is 0 Å². The smallest absolute Gasteiger partial charge is 0.339 e. The third-order valence-electron chi connectivity index (χ3n) is 3.01. The number of rotatable bonds is 2. The minimum Gasteiger partial charge on any atom is -0.462 e. The highest BCUT2D eigenvalue weighted by Crippen LogP contribution is 2.22. The number of hydrogen-bond donors (Lipinski definition) is 0. The molecule has 1 aliphatic rings. The molecule has 0 bridgehead atoms. The van der Waals surface area contributed by atoms with Crippen LogP contribution < -0.4 is 0 Å². The molecule has 2 heterocycles. The zero-order valence-electron chi connectivity index (χ0n) is 9.38. The fourth-order valence-corrected chi connectivity index (χ4v) is 2.22. The molecule has 0 aromatic carbocycles. The van der Waals surface area contributed by atoms with Crippen LogP contribution in [-0.2, 0) is 17.7 Å². The Morgan fingerprint density at radius 3 is 3.00 bits per heavy atom. The van der Waals surface area contributed by atoms with Crippen molar-refractivity contribution in [2.45, 2.75) is 39.7 Å². The molecule has 0 saturated carbocycles. The average molecular weight is 207 g/mol. The van der Waals surface area contributed by atoms with Gasteiger partial charge in [-0.25, -0.2) is 4.79 Å². The van der Waals surface area contributed by atoms with Crippen LogP contribution in [0.25, 0.3) is 0 Å². The highest BCUT2D eigenvalue weighted by molar-refractivity contribution is 5.91. The minimum absolute atomic E-state index is 0.183. The van der Waals surface area contributed by atoms with Crippen molar-refractivity contribution in [1.82, 2.24) is 4.57 Å². The summed E-state index contributed by atoms with van der Waals surface area (Å²) in [4.78, 5) is 11.6. The van der Waals surface area contributed by atoms with E-state index in [1.165, 1.54) is 18.5 Å². The first kappa shape index (κ1) is 10.3. The van der Waals surface area contributed by atoms with Crippen molar-refractivity contribution in [2.75, 3.05) is 6.61 Å². The van der Waals surface area contributed by atoms with Crippen LogP contribution in [0, 0.1) is 6.92 Å². The molecule has 0 aliphatic carbocycles. The summed E-state index contributed by atoms with van der Waals surface area (Å²) in [6.45, 7) is 5.32. The Morgan fingerprint density at radius 2 is 2.33 bits per heavy atom. The molecule has 1 aromatic rings. The first-order valence-corrected chi connectivity index (χ1v) is 5.60. The molecule has 15 heavy (non-hydrogen) atoms. The highest BCUT2D eigenvalue weighted by Gasteiger charge is 2.19. The number of ether oxygens (including phenoxy) is 1. The van der Waals surface area contributed by atoms with Crippen molar-refractivity contribution in [3.63, 3.8) is 0 Å². The van der Waals surface area contributed by atoms with Crippen molar-refractivity contribution in [2.24, 2.45) is 0 Å². The number of aryl methyl sites for hydroxylation is 1. The maximum Gasteiger partial charge on any atom is 0.339 e. The van der Waals surface area contributed by atoms with Crippen LogP contribution in [0.2, 0.25) is 0 Å². The molecular formula is C12H17NO2. The van der Waals surface area contributed by atoms with E-state index >= 15 is 0 Å². The van der Waals surface area contributed by atoms with Gasteiger partial charge in [-0.2, -0.15) is 0 Å². The third kappa shape index (κ3) is 1.78. The maximum atomic E-state index is 11.6. The Balaban J connectivity index is 2.32. The molecule has 3 heteroatoms. The van der Waals surface area contributed by atoms with Gasteiger partial charge in [0.05, 0.1) is 12.2 Å². The Kier molecular flexibility index (Phi) is 2.80. The van der Waals surface area contributed by atoms with Crippen LogP contribution in [0.15, 0.2) is 6.07 Å². The fraction of sp³-hybridized carbons (Fsp3) is 0.583. The summed E-state index contributed by atoms with van der Waals surface area (Å²) >= 11 is 0. The van der Waals surface area contributed by atoms with Gasteiger partial charge in [0.1, 0.15) is 0 Å². The van der Waals surface area contributed by atoms with Crippen molar-refractivity contribution < 1.29 is 9.53 Å². The Bertz CT molecular complexity index is 379. The van der Waals surface area contributed by atoms with Gasteiger partial charge in [-0.3, -0.25) is 0 Å². The molecule has 82 valence electrons. The predicted molar refractivity (Wildman–Crippen MR) is 58.1 cm³/mol. The van der Waals surface area contributed by atoms with E-state index in [9.17, 15) is 4.79 Å². The van der Waals surface area contributed by atoms with Crippen LogP contribution in [0.5, 0.6) is 0 Å². The predicted octanol–water partition coefficient (Wildman–Crippen LogP) is 2.31. The third-order valence-corrected chi connectivity index (χ3v) is 3.01. The topological polar surface area (TPSA) is 31.2 Å². The largest absolute Gasteiger partial charge is 0.462 e. The molecule has 1 aromatic heterocycles. The van der Waals surface area contributed by atoms with Crippen LogP contribution in [0.4, 0.5) is 0 Å². The molecule has 0 radical (unpaired) electrons. The first-order valence-electron chi connectivity index (χ1n) is 5.60. The van der Waals surface area contributed by atoms with Gasteiger partial charge in [0.15, 0.2) is 0 Å². The van der Waals surface area contributed by atoms with E-state index in [0.29, 0.717) is 6.61 Å². The van der Waals surface area contributed by atoms with E-state index in [0.717, 1.165) is 24.2 Å². The first-order chi connectivity index (χ1) is 7.24. The monoisotopic (exact) mass is 207 g/mol. The molecule has 0 amide bonds. The molecule has 1 aliphatic heterocycles. The van der Waals surface area contributed by atoms with Gasteiger partial charge >= 0.3 is 5.97 Å². The zero-order valence-corrected chi connectivity index (χ0v) is 9.38. The number of aromatic nitrogens is 1. The van der Waals surface area contributed by atoms with Crippen LogP contribution >= 0.6 is 0 Å². The van der Waals surface area contributed by atoms with Gasteiger partial charge in [-0.15, -0.1) is 0 Å². The van der Waals surface area contributed by atoms with Crippen LogP contribution in [-0.4, -0.2) is 17.1 Å². The van der Waals surface area contributed by atoms with E-state index in [4.69, 9.17) is 4.74 Å². The Morgan fingerprint density at radius 1 is 1.53 bits per heavy atom. The highest BCUT2D eigenvalue weighted by atomic mass is 16.5. The second-order valence-corrected chi connectivity index (χ2v) is 3.96. The number of carbonyl (C=O) groups excluding carboxylic acids is 1. The normalized spacial score (nSPS) is 14.8. The summed E-state index contributed by atoms with van der Waals surface area (Å²) < 4.78 is 7.28. The number of carbonyl (C=O) groups is 1. The van der Waals surface area contributed by atoms with Gasteiger partial charge in [0.25, 0.3) is 0 Å². The summed E-state index contributed by atoms with van der Waals surface area (Å²) in [5.41, 5.74) is 3.08. The summed E-state index contributed by atoms with van der Waals surface area (Å²) in [5, 5.41) is 0. The second-order valence-electron chi connectivity index (χ2n) is 3.96. The summed E-state index contributed by atoms with van der Waals surface area (Å²) in [6.07, 6.45) is 3.52. The molecule has 0 N–H and O–H groups in total. The van der Waals surface area contributed by atoms with E-state index in [1.54, 1.807) is 0 Å². The van der Waals surface area contributed by atoms with Crippen molar-refractivity contribution in [3.05, 3.63) is 23.0 Å². The average Bonchev–Trinajstić information content (AvgIpc) is 2.57. The molecule has 0 unspecified atom stereocenters. The molecule has 3 nitrogen and oxygen atoms in total. The minimum atomic E-state index is -0.183. The molecule has 0 spiro atoms. The molecule has 0 saturated heterocycles. The maximum absolute atomic E-state index is 11.6. The lowest BCUT2D eigenvalue weighted by molar-refractivity contribution is 0.0525. The second kappa shape index (κ2) is 4.09. The lowest BCUT2D eigenvalue weighted by atomic mass is 10.1. The Labute approximate surface area is 90.0 Å². The lowest BCUT2D eigenvalue weighted by Crippen LogP contribution is -2.11. The fourth-order valence-electron chi connectivity index (χ4n) is 2.22. The number of hydrogen-bond acceptors (Lipinski definition) is 2. The number of nitrogens with zero attached hydrogens (tertiary/aromatic N) is 1. The van der Waals surface area contributed by atoms with Crippen molar-refractivity contribution in [1.29, 1.82) is 0 Å². The van der Waals surface area contributed by atoms with Gasteiger partial charge in [0.2, 0.25) is 0 Å². The van der Waals surface area contributed by atoms with Crippen LogP contribution in [0.1, 0.15) is 41.5 Å². The van der Waals surface area contributed by atoms with Gasteiger partial charge < -0.3 is 9.30 Å². The summed E-state index contributed by atoms with van der Waals surface area (Å²) in [6, 6.07) is 1.99. The van der Waals surface area contributed by atoms with Gasteiger partial charge in [-0.05, 0) is 39.2 Å².